The zero-order chi connectivity index (χ0) is 32.1. The molecule has 248 valence electrons. The third-order valence-electron chi connectivity index (χ3n) is 10.5. The quantitative estimate of drug-likeness (QED) is 0.0938. The fourth-order valence-electron chi connectivity index (χ4n) is 8.41. The van der Waals surface area contributed by atoms with E-state index in [-0.39, 0.29) is 37.6 Å². The Hall–Kier alpha value is -2.75. The molecule has 4 aliphatic rings. The predicted molar refractivity (Wildman–Crippen MR) is 157 cm³/mol. The fraction of sp³-hybridized carbons (Fsp3) is 0.656. The van der Waals surface area contributed by atoms with Crippen molar-refractivity contribution in [3.05, 3.63) is 36.1 Å². The number of ether oxygens (including phenoxy) is 4. The van der Waals surface area contributed by atoms with Crippen LogP contribution in [0.3, 0.4) is 0 Å². The van der Waals surface area contributed by atoms with Gasteiger partial charge in [0, 0.05) is 35.6 Å². The van der Waals surface area contributed by atoms with E-state index in [9.17, 15) is 35.4 Å². The first-order valence-electron chi connectivity index (χ1n) is 15.6. The minimum absolute atomic E-state index is 0.00205. The van der Waals surface area contributed by atoms with Gasteiger partial charge in [-0.15, -0.1) is 0 Å². The summed E-state index contributed by atoms with van der Waals surface area (Å²) in [5.74, 6) is -2.41. The number of fused-ring (bicyclic) bond motifs is 4. The average molecular weight is 634 g/mol. The van der Waals surface area contributed by atoms with Crippen molar-refractivity contribution in [1.82, 2.24) is 5.32 Å². The highest BCUT2D eigenvalue weighted by Gasteiger charge is 2.79. The van der Waals surface area contributed by atoms with Crippen LogP contribution < -0.4 is 14.8 Å². The molecular weight excluding hydrogens is 590 g/mol. The number of esters is 1. The van der Waals surface area contributed by atoms with Crippen molar-refractivity contribution in [2.75, 3.05) is 40.0 Å². The molecule has 1 aliphatic heterocycles. The zero-order valence-corrected chi connectivity index (χ0v) is 25.4. The van der Waals surface area contributed by atoms with Crippen LogP contribution in [-0.4, -0.2) is 112 Å². The molecule has 0 spiro atoms. The number of aliphatic hydroxyl groups is 6. The van der Waals surface area contributed by atoms with Gasteiger partial charge >= 0.3 is 5.97 Å². The van der Waals surface area contributed by atoms with Crippen LogP contribution in [0.4, 0.5) is 0 Å². The van der Waals surface area contributed by atoms with Gasteiger partial charge in [-0.3, -0.25) is 4.79 Å². The molecule has 3 fully saturated rings. The molecule has 0 unspecified atom stereocenters. The average Bonchev–Trinajstić information content (AvgIpc) is 3.50. The van der Waals surface area contributed by atoms with Gasteiger partial charge in [-0.05, 0) is 56.8 Å². The number of aliphatic hydroxyl groups excluding tert-OH is 4. The minimum atomic E-state index is -2.38. The molecular formula is C32H43NO12. The van der Waals surface area contributed by atoms with E-state index in [0.29, 0.717) is 35.9 Å². The highest BCUT2D eigenvalue weighted by atomic mass is 16.7. The summed E-state index contributed by atoms with van der Waals surface area (Å²) in [6.07, 6.45) is -0.468. The number of furan rings is 1. The molecule has 1 aromatic carbocycles. The molecule has 1 aromatic heterocycles. The molecule has 3 aliphatic carbocycles. The second kappa shape index (κ2) is 12.1. The summed E-state index contributed by atoms with van der Waals surface area (Å²) >= 11 is 0. The van der Waals surface area contributed by atoms with Crippen LogP contribution >= 0.6 is 0 Å². The number of benzene rings is 1. The van der Waals surface area contributed by atoms with E-state index < -0.39 is 78.2 Å². The van der Waals surface area contributed by atoms with Gasteiger partial charge in [0.05, 0.1) is 32.2 Å². The predicted octanol–water partition coefficient (Wildman–Crippen LogP) is 0.0112. The van der Waals surface area contributed by atoms with Crippen LogP contribution in [0.5, 0.6) is 11.5 Å². The summed E-state index contributed by atoms with van der Waals surface area (Å²) in [5, 5.41) is 72.7. The van der Waals surface area contributed by atoms with Crippen molar-refractivity contribution >= 4 is 16.9 Å². The molecule has 45 heavy (non-hydrogen) atoms. The van der Waals surface area contributed by atoms with Crippen LogP contribution in [0.25, 0.3) is 11.0 Å². The lowest BCUT2D eigenvalue weighted by Crippen LogP contribution is -2.85. The lowest BCUT2D eigenvalue weighted by molar-refractivity contribution is -0.414. The fourth-order valence-corrected chi connectivity index (χ4v) is 8.41. The third-order valence-corrected chi connectivity index (χ3v) is 10.5. The number of nitrogens with one attached hydrogen (secondary N) is 1. The Balaban J connectivity index is 1.50. The van der Waals surface area contributed by atoms with Crippen molar-refractivity contribution in [2.24, 2.45) is 23.2 Å². The lowest BCUT2D eigenvalue weighted by atomic mass is 9.41. The molecule has 13 heteroatoms. The molecule has 2 saturated carbocycles. The molecule has 1 saturated heterocycles. The van der Waals surface area contributed by atoms with E-state index >= 15 is 0 Å². The molecule has 0 radical (unpaired) electrons. The van der Waals surface area contributed by atoms with Gasteiger partial charge in [-0.1, -0.05) is 12.2 Å². The number of likely N-dealkylation sites (N-methyl/N-ethyl adjacent to an activating group) is 1. The molecule has 2 heterocycles. The first kappa shape index (κ1) is 32.2. The Kier molecular flexibility index (Phi) is 8.67. The van der Waals surface area contributed by atoms with E-state index in [1.807, 2.05) is 0 Å². The third kappa shape index (κ3) is 4.70. The van der Waals surface area contributed by atoms with Crippen molar-refractivity contribution in [2.45, 2.75) is 68.4 Å². The summed E-state index contributed by atoms with van der Waals surface area (Å²) in [6, 6.07) is 3.49. The van der Waals surface area contributed by atoms with Crippen LogP contribution in [0, 0.1) is 23.2 Å². The maximum atomic E-state index is 12.7. The summed E-state index contributed by atoms with van der Waals surface area (Å²) in [5.41, 5.74) is -5.02. The number of carbonyl (C=O) groups excluding carboxylic acids is 1. The van der Waals surface area contributed by atoms with Crippen molar-refractivity contribution < 1.29 is 58.8 Å². The molecule has 0 amide bonds. The molecule has 6 rings (SSSR count). The zero-order valence-electron chi connectivity index (χ0n) is 25.4. The Morgan fingerprint density at radius 1 is 1.16 bits per heavy atom. The van der Waals surface area contributed by atoms with Gasteiger partial charge in [0.25, 0.3) is 0 Å². The minimum Gasteiger partial charge on any atom is -0.485 e. The Bertz CT molecular complexity index is 1430. The van der Waals surface area contributed by atoms with Crippen molar-refractivity contribution in [3.63, 3.8) is 0 Å². The van der Waals surface area contributed by atoms with E-state index in [0.717, 1.165) is 0 Å². The number of hydrogen-bond donors (Lipinski definition) is 7. The van der Waals surface area contributed by atoms with Gasteiger partial charge in [0.2, 0.25) is 12.0 Å². The first-order valence-corrected chi connectivity index (χ1v) is 15.6. The highest BCUT2D eigenvalue weighted by Crippen LogP contribution is 2.66. The van der Waals surface area contributed by atoms with E-state index in [2.05, 4.69) is 5.32 Å². The van der Waals surface area contributed by atoms with Gasteiger partial charge < -0.3 is 59.3 Å². The first-order chi connectivity index (χ1) is 21.6. The van der Waals surface area contributed by atoms with Crippen LogP contribution in [0.1, 0.15) is 31.7 Å². The Morgan fingerprint density at radius 3 is 2.67 bits per heavy atom. The number of hydrogen-bond acceptors (Lipinski definition) is 13. The SMILES string of the molecule is CCOC(=O)CCc1cc2ccoc2c(OCCNC)c1O[C@@H]1O[C@H](CO)[C@]2(O)[C@H](O)[C@@]1(O)[C@H]1[C@@H]3CC[C@@H](O)[C@@]1(CO)C=C[C@@H]32. The standard InChI is InChI=1S/C32H43NO12/c1-3-41-23(37)7-4-17-14-18-9-12-42-24(18)26(43-13-11-33-2)25(17)45-29-32(40)27-19-5-6-21(36)30(27,16-35)10-8-20(19)31(39,28(32)38)22(15-34)44-29/h8-10,12,14,19-22,27-29,33-36,38-40H,3-7,11,13,15-16H2,1-2H3/t19-,20+,21-,22-,27+,28+,29+,30+,31+,32+/m1/s1. The molecule has 10 atom stereocenters. The number of rotatable bonds is 12. The topological polar surface area (TPSA) is 201 Å². The maximum Gasteiger partial charge on any atom is 0.306 e. The van der Waals surface area contributed by atoms with Crippen molar-refractivity contribution in [3.8, 4) is 11.5 Å². The maximum absolute atomic E-state index is 12.7. The highest BCUT2D eigenvalue weighted by molar-refractivity contribution is 5.87. The summed E-state index contributed by atoms with van der Waals surface area (Å²) in [7, 11) is 1.76. The summed E-state index contributed by atoms with van der Waals surface area (Å²) in [4.78, 5) is 12.4. The van der Waals surface area contributed by atoms with Crippen LogP contribution in [-0.2, 0) is 20.7 Å². The number of aryl methyl sites for hydroxylation is 1. The normalized spacial score (nSPS) is 38.3. The van der Waals surface area contributed by atoms with Gasteiger partial charge in [-0.25, -0.2) is 0 Å². The molecule has 13 nitrogen and oxygen atoms in total. The Morgan fingerprint density at radius 2 is 1.96 bits per heavy atom. The van der Waals surface area contributed by atoms with Gasteiger partial charge in [-0.2, -0.15) is 0 Å². The van der Waals surface area contributed by atoms with E-state index in [1.165, 1.54) is 6.26 Å². The monoisotopic (exact) mass is 633 g/mol. The van der Waals surface area contributed by atoms with E-state index in [1.54, 1.807) is 38.3 Å². The van der Waals surface area contributed by atoms with Crippen molar-refractivity contribution in [1.29, 1.82) is 0 Å². The van der Waals surface area contributed by atoms with E-state index in [4.69, 9.17) is 23.4 Å². The number of carbonyl (C=O) groups is 1. The smallest absolute Gasteiger partial charge is 0.306 e. The molecule has 7 N–H and O–H groups in total. The molecule has 2 aromatic rings. The van der Waals surface area contributed by atoms with Gasteiger partial charge in [0.15, 0.2) is 16.9 Å². The van der Waals surface area contributed by atoms with Gasteiger partial charge in [0.1, 0.15) is 24.4 Å². The second-order valence-corrected chi connectivity index (χ2v) is 12.6. The van der Waals surface area contributed by atoms with Crippen LogP contribution in [0.15, 0.2) is 35.0 Å². The summed E-state index contributed by atoms with van der Waals surface area (Å²) in [6.45, 7) is 1.35. The summed E-state index contributed by atoms with van der Waals surface area (Å²) < 4.78 is 29.8. The lowest BCUT2D eigenvalue weighted by Gasteiger charge is -2.70. The molecule has 6 bridgehead atoms. The van der Waals surface area contributed by atoms with Crippen LogP contribution in [0.2, 0.25) is 0 Å². The second-order valence-electron chi connectivity index (χ2n) is 12.6. The Labute approximate surface area is 260 Å². The largest absolute Gasteiger partial charge is 0.485 e.